The van der Waals surface area contributed by atoms with E-state index in [-0.39, 0.29) is 0 Å². The highest BCUT2D eigenvalue weighted by atomic mass is 16.1. The Morgan fingerprint density at radius 2 is 2.12 bits per heavy atom. The summed E-state index contributed by atoms with van der Waals surface area (Å²) in [6, 6.07) is 2.78. The first-order valence-electron chi connectivity index (χ1n) is 7.06. The zero-order chi connectivity index (χ0) is 11.4. The van der Waals surface area contributed by atoms with E-state index in [2.05, 4.69) is 16.8 Å². The number of hydrogen-bond acceptors (Lipinski definition) is 1. The van der Waals surface area contributed by atoms with Gasteiger partial charge in [0.25, 0.3) is 0 Å². The number of carbonyl (C=O) groups is 1. The minimum Gasteiger partial charge on any atom is -0.347 e. The molecule has 1 aromatic heterocycles. The van der Waals surface area contributed by atoms with Crippen LogP contribution < -0.4 is 0 Å². The van der Waals surface area contributed by atoms with Gasteiger partial charge < -0.3 is 4.57 Å². The second kappa shape index (κ2) is 3.47. The molecule has 2 saturated carbocycles. The number of ketones is 1. The monoisotopic (exact) mass is 229 g/mol. The minimum absolute atomic E-state index is 0.369. The Morgan fingerprint density at radius 3 is 2.88 bits per heavy atom. The summed E-state index contributed by atoms with van der Waals surface area (Å²) in [5.41, 5.74) is 2.37. The zero-order valence-corrected chi connectivity index (χ0v) is 10.2. The Bertz CT molecular complexity index is 473. The molecule has 2 fully saturated rings. The second-order valence-electron chi connectivity index (χ2n) is 6.10. The molecule has 2 nitrogen and oxygen atoms in total. The molecular formula is C15H19NO. The first kappa shape index (κ1) is 9.93. The quantitative estimate of drug-likeness (QED) is 0.723. The van der Waals surface area contributed by atoms with Crippen LogP contribution in [-0.2, 0) is 6.42 Å². The van der Waals surface area contributed by atoms with Crippen molar-refractivity contribution in [3.8, 4) is 0 Å². The van der Waals surface area contributed by atoms with E-state index in [1.54, 1.807) is 0 Å². The number of carbonyl (C=O) groups excluding carboxylic acids is 1. The van der Waals surface area contributed by atoms with Crippen LogP contribution in [0.3, 0.4) is 0 Å². The molecule has 1 heterocycles. The van der Waals surface area contributed by atoms with Gasteiger partial charge in [0.2, 0.25) is 0 Å². The molecule has 0 aromatic carbocycles. The van der Waals surface area contributed by atoms with Gasteiger partial charge in [0.15, 0.2) is 5.78 Å². The molecule has 0 aliphatic heterocycles. The van der Waals surface area contributed by atoms with E-state index in [9.17, 15) is 4.79 Å². The maximum Gasteiger partial charge on any atom is 0.164 e. The number of nitrogens with zero attached hydrogens (tertiary/aromatic N) is 1. The fraction of sp³-hybridized carbons (Fsp3) is 0.667. The van der Waals surface area contributed by atoms with Gasteiger partial charge in [-0.2, -0.15) is 0 Å². The summed E-state index contributed by atoms with van der Waals surface area (Å²) in [6.45, 7) is 0. The summed E-state index contributed by atoms with van der Waals surface area (Å²) >= 11 is 0. The third kappa shape index (κ3) is 1.36. The van der Waals surface area contributed by atoms with Crippen LogP contribution >= 0.6 is 0 Å². The first-order chi connectivity index (χ1) is 8.33. The Labute approximate surface area is 102 Å². The van der Waals surface area contributed by atoms with Gasteiger partial charge in [-0.15, -0.1) is 0 Å². The number of Topliss-reactive ketones (excluding diaryl/α,β-unsaturated/α-hetero) is 1. The summed E-state index contributed by atoms with van der Waals surface area (Å²) in [6.07, 6.45) is 10.8. The van der Waals surface area contributed by atoms with E-state index in [1.807, 2.05) is 0 Å². The summed E-state index contributed by atoms with van der Waals surface area (Å²) in [5.74, 6) is 2.24. The van der Waals surface area contributed by atoms with Crippen LogP contribution in [0.1, 0.15) is 60.6 Å². The lowest BCUT2D eigenvalue weighted by Gasteiger charge is -2.27. The van der Waals surface area contributed by atoms with Gasteiger partial charge in [0, 0.05) is 29.9 Å². The highest BCUT2D eigenvalue weighted by molar-refractivity contribution is 5.98. The van der Waals surface area contributed by atoms with Crippen molar-refractivity contribution >= 4 is 5.78 Å². The van der Waals surface area contributed by atoms with Crippen LogP contribution in [0.2, 0.25) is 0 Å². The molecule has 0 radical (unpaired) electrons. The molecule has 3 unspecified atom stereocenters. The molecular weight excluding hydrogens is 210 g/mol. The van der Waals surface area contributed by atoms with Gasteiger partial charge in [0.05, 0.1) is 0 Å². The van der Waals surface area contributed by atoms with Crippen molar-refractivity contribution in [3.05, 3.63) is 23.5 Å². The van der Waals surface area contributed by atoms with Crippen LogP contribution in [0, 0.1) is 11.8 Å². The van der Waals surface area contributed by atoms with E-state index in [0.29, 0.717) is 11.8 Å². The van der Waals surface area contributed by atoms with E-state index in [0.717, 1.165) is 36.7 Å². The van der Waals surface area contributed by atoms with Crippen LogP contribution in [0.5, 0.6) is 0 Å². The van der Waals surface area contributed by atoms with E-state index < -0.39 is 0 Å². The van der Waals surface area contributed by atoms with Crippen molar-refractivity contribution in [2.45, 2.75) is 51.0 Å². The van der Waals surface area contributed by atoms with E-state index in [4.69, 9.17) is 0 Å². The molecule has 0 saturated heterocycles. The molecule has 3 aliphatic rings. The molecule has 0 amide bonds. The molecule has 3 aliphatic carbocycles. The van der Waals surface area contributed by atoms with Crippen LogP contribution in [0.15, 0.2) is 12.3 Å². The van der Waals surface area contributed by atoms with Crippen molar-refractivity contribution in [1.29, 1.82) is 0 Å². The van der Waals surface area contributed by atoms with Gasteiger partial charge in [-0.1, -0.05) is 6.42 Å². The number of aromatic nitrogens is 1. The van der Waals surface area contributed by atoms with Crippen molar-refractivity contribution in [2.75, 3.05) is 0 Å². The lowest BCUT2D eigenvalue weighted by molar-refractivity contribution is 0.0971. The Kier molecular flexibility index (Phi) is 2.03. The molecule has 2 heteroatoms. The second-order valence-corrected chi connectivity index (χ2v) is 6.10. The molecule has 4 rings (SSSR count). The van der Waals surface area contributed by atoms with Crippen LogP contribution in [-0.4, -0.2) is 10.4 Å². The third-order valence-corrected chi connectivity index (χ3v) is 5.20. The first-order valence-corrected chi connectivity index (χ1v) is 7.06. The van der Waals surface area contributed by atoms with Gasteiger partial charge >= 0.3 is 0 Å². The number of rotatable bonds is 1. The molecule has 0 N–H and O–H groups in total. The van der Waals surface area contributed by atoms with Gasteiger partial charge in [-0.3, -0.25) is 4.79 Å². The molecule has 1 aromatic rings. The maximum atomic E-state index is 11.9. The number of hydrogen-bond donors (Lipinski definition) is 0. The van der Waals surface area contributed by atoms with Gasteiger partial charge in [-0.05, 0) is 50.0 Å². The fourth-order valence-electron chi connectivity index (χ4n) is 4.41. The molecule has 0 spiro atoms. The highest BCUT2D eigenvalue weighted by Crippen LogP contribution is 2.51. The predicted molar refractivity (Wildman–Crippen MR) is 66.2 cm³/mol. The topological polar surface area (TPSA) is 22.0 Å². The van der Waals surface area contributed by atoms with Crippen LogP contribution in [0.25, 0.3) is 0 Å². The zero-order valence-electron chi connectivity index (χ0n) is 10.2. The van der Waals surface area contributed by atoms with Crippen molar-refractivity contribution in [1.82, 2.24) is 4.57 Å². The molecule has 17 heavy (non-hydrogen) atoms. The normalized spacial score (nSPS) is 35.3. The predicted octanol–water partition coefficient (Wildman–Crippen LogP) is 3.37. The minimum atomic E-state index is 0.369. The van der Waals surface area contributed by atoms with E-state index >= 15 is 0 Å². The van der Waals surface area contributed by atoms with Crippen molar-refractivity contribution < 1.29 is 4.79 Å². The number of fused-ring (bicyclic) bond motifs is 3. The molecule has 3 atom stereocenters. The fourth-order valence-corrected chi connectivity index (χ4v) is 4.41. The maximum absolute atomic E-state index is 11.9. The lowest BCUT2D eigenvalue weighted by Crippen LogP contribution is -2.20. The van der Waals surface area contributed by atoms with Crippen molar-refractivity contribution in [2.24, 2.45) is 11.8 Å². The Balaban J connectivity index is 1.73. The average molecular weight is 229 g/mol. The summed E-state index contributed by atoms with van der Waals surface area (Å²) in [7, 11) is 0. The Morgan fingerprint density at radius 1 is 1.18 bits per heavy atom. The van der Waals surface area contributed by atoms with Gasteiger partial charge in [0.1, 0.15) is 0 Å². The smallest absolute Gasteiger partial charge is 0.164 e. The largest absolute Gasteiger partial charge is 0.347 e. The standard InChI is InChI=1S/C15H19NO/c17-15-3-1-2-13-12(15)6-7-16(13)14-9-10-4-5-11(14)8-10/h6-7,10-11,14H,1-5,8-9H2. The summed E-state index contributed by atoms with van der Waals surface area (Å²) in [4.78, 5) is 11.9. The van der Waals surface area contributed by atoms with Gasteiger partial charge in [-0.25, -0.2) is 0 Å². The lowest BCUT2D eigenvalue weighted by atomic mass is 9.93. The highest BCUT2D eigenvalue weighted by Gasteiger charge is 2.41. The van der Waals surface area contributed by atoms with Crippen molar-refractivity contribution in [3.63, 3.8) is 0 Å². The molecule has 2 bridgehead atoms. The summed E-state index contributed by atoms with van der Waals surface area (Å²) in [5, 5.41) is 0. The average Bonchev–Trinajstić information content (AvgIpc) is 3.03. The van der Waals surface area contributed by atoms with Crippen LogP contribution in [0.4, 0.5) is 0 Å². The summed E-state index contributed by atoms with van der Waals surface area (Å²) < 4.78 is 2.47. The third-order valence-electron chi connectivity index (χ3n) is 5.20. The SMILES string of the molecule is O=C1CCCc2c1ccn2C1CC2CCC1C2. The molecule has 90 valence electrons. The van der Waals surface area contributed by atoms with E-state index in [1.165, 1.54) is 31.4 Å². The Hall–Kier alpha value is -1.05.